The first-order valence-corrected chi connectivity index (χ1v) is 5.63. The molecule has 1 atom stereocenters. The van der Waals surface area contributed by atoms with Crippen LogP contribution in [0.4, 0.5) is 0 Å². The molecule has 1 unspecified atom stereocenters. The van der Waals surface area contributed by atoms with Crippen LogP contribution in [0, 0.1) is 0 Å². The largest absolute Gasteiger partial charge is 0.477 e. The van der Waals surface area contributed by atoms with Gasteiger partial charge in [0.25, 0.3) is 0 Å². The van der Waals surface area contributed by atoms with Gasteiger partial charge in [-0.3, -0.25) is 0 Å². The van der Waals surface area contributed by atoms with Crippen LogP contribution in [0.2, 0.25) is 0 Å². The van der Waals surface area contributed by atoms with E-state index in [9.17, 15) is 4.79 Å². The van der Waals surface area contributed by atoms with Crippen molar-refractivity contribution in [1.82, 2.24) is 10.3 Å². The van der Waals surface area contributed by atoms with Gasteiger partial charge in [-0.1, -0.05) is 6.07 Å². The Morgan fingerprint density at radius 1 is 1.59 bits per heavy atom. The Morgan fingerprint density at radius 3 is 3.00 bits per heavy atom. The first kappa shape index (κ1) is 13.6. The van der Waals surface area contributed by atoms with Crippen molar-refractivity contribution in [2.24, 2.45) is 0 Å². The molecule has 0 fully saturated rings. The second-order valence-electron chi connectivity index (χ2n) is 3.76. The molecule has 0 aliphatic heterocycles. The summed E-state index contributed by atoms with van der Waals surface area (Å²) in [4.78, 5) is 14.8. The Bertz CT molecular complexity index is 369. The van der Waals surface area contributed by atoms with E-state index in [1.54, 1.807) is 12.1 Å². The molecule has 0 amide bonds. The van der Waals surface area contributed by atoms with Crippen LogP contribution in [0.15, 0.2) is 18.2 Å². The number of pyridine rings is 1. The van der Waals surface area contributed by atoms with Gasteiger partial charge in [0.05, 0.1) is 12.3 Å². The fourth-order valence-corrected chi connectivity index (χ4v) is 1.33. The molecule has 17 heavy (non-hydrogen) atoms. The third-order valence-electron chi connectivity index (χ3n) is 2.23. The highest BCUT2D eigenvalue weighted by Crippen LogP contribution is 2.00. The molecule has 1 heterocycles. The van der Waals surface area contributed by atoms with Crippen LogP contribution in [0.3, 0.4) is 0 Å². The lowest BCUT2D eigenvalue weighted by molar-refractivity contribution is 0.0690. The molecule has 5 heteroatoms. The maximum atomic E-state index is 10.7. The van der Waals surface area contributed by atoms with Crippen LogP contribution in [-0.4, -0.2) is 35.3 Å². The van der Waals surface area contributed by atoms with E-state index < -0.39 is 5.97 Å². The molecular formula is C12H18N2O3. The van der Waals surface area contributed by atoms with E-state index >= 15 is 0 Å². The highest BCUT2D eigenvalue weighted by atomic mass is 16.5. The van der Waals surface area contributed by atoms with E-state index in [2.05, 4.69) is 10.3 Å². The van der Waals surface area contributed by atoms with Crippen molar-refractivity contribution in [3.8, 4) is 0 Å². The predicted octanol–water partition coefficient (Wildman–Crippen LogP) is 1.29. The fourth-order valence-electron chi connectivity index (χ4n) is 1.33. The quantitative estimate of drug-likeness (QED) is 0.749. The van der Waals surface area contributed by atoms with Crippen LogP contribution in [-0.2, 0) is 11.3 Å². The summed E-state index contributed by atoms with van der Waals surface area (Å²) in [5, 5.41) is 12.0. The molecule has 0 spiro atoms. The second kappa shape index (κ2) is 6.98. The number of rotatable bonds is 7. The van der Waals surface area contributed by atoms with Crippen LogP contribution in [0.5, 0.6) is 0 Å². The number of aromatic nitrogens is 1. The lowest BCUT2D eigenvalue weighted by Crippen LogP contribution is -2.30. The van der Waals surface area contributed by atoms with Gasteiger partial charge < -0.3 is 15.2 Å². The van der Waals surface area contributed by atoms with E-state index in [0.717, 1.165) is 0 Å². The van der Waals surface area contributed by atoms with Gasteiger partial charge in [0, 0.05) is 19.2 Å². The zero-order chi connectivity index (χ0) is 12.7. The van der Waals surface area contributed by atoms with Crippen molar-refractivity contribution >= 4 is 5.97 Å². The molecule has 0 aromatic carbocycles. The van der Waals surface area contributed by atoms with Gasteiger partial charge in [-0.05, 0) is 26.0 Å². The Hall–Kier alpha value is -1.46. The first-order chi connectivity index (χ1) is 8.13. The summed E-state index contributed by atoms with van der Waals surface area (Å²) >= 11 is 0. The topological polar surface area (TPSA) is 71.5 Å². The van der Waals surface area contributed by atoms with Crippen molar-refractivity contribution in [3.63, 3.8) is 0 Å². The highest BCUT2D eigenvalue weighted by Gasteiger charge is 2.06. The van der Waals surface area contributed by atoms with E-state index in [1.807, 2.05) is 13.8 Å². The number of carboxylic acid groups (broad SMARTS) is 1. The number of hydrogen-bond acceptors (Lipinski definition) is 4. The third-order valence-corrected chi connectivity index (χ3v) is 2.23. The number of aromatic carboxylic acids is 1. The minimum atomic E-state index is -1.01. The lowest BCUT2D eigenvalue weighted by atomic mass is 10.3. The Balaban J connectivity index is 2.46. The molecule has 1 rings (SSSR count). The van der Waals surface area contributed by atoms with E-state index in [-0.39, 0.29) is 11.7 Å². The van der Waals surface area contributed by atoms with Crippen molar-refractivity contribution < 1.29 is 14.6 Å². The van der Waals surface area contributed by atoms with Crippen molar-refractivity contribution in [2.45, 2.75) is 26.4 Å². The molecule has 0 aliphatic rings. The van der Waals surface area contributed by atoms with Crippen molar-refractivity contribution in [1.29, 1.82) is 0 Å². The SMILES string of the molecule is CCOCC(C)NCc1cccc(C(=O)O)n1. The number of hydrogen-bond donors (Lipinski definition) is 2. The smallest absolute Gasteiger partial charge is 0.354 e. The summed E-state index contributed by atoms with van der Waals surface area (Å²) < 4.78 is 5.27. The maximum absolute atomic E-state index is 10.7. The summed E-state index contributed by atoms with van der Waals surface area (Å²) in [7, 11) is 0. The molecule has 94 valence electrons. The van der Waals surface area contributed by atoms with Crippen LogP contribution < -0.4 is 5.32 Å². The van der Waals surface area contributed by atoms with Crippen molar-refractivity contribution in [3.05, 3.63) is 29.6 Å². The number of carbonyl (C=O) groups is 1. The summed E-state index contributed by atoms with van der Waals surface area (Å²) in [6, 6.07) is 5.19. The predicted molar refractivity (Wildman–Crippen MR) is 64.0 cm³/mol. The number of carboxylic acids is 1. The zero-order valence-corrected chi connectivity index (χ0v) is 10.1. The van der Waals surface area contributed by atoms with Gasteiger partial charge in [0.15, 0.2) is 0 Å². The first-order valence-electron chi connectivity index (χ1n) is 5.63. The molecule has 5 nitrogen and oxygen atoms in total. The second-order valence-corrected chi connectivity index (χ2v) is 3.76. The van der Waals surface area contributed by atoms with Gasteiger partial charge in [-0.25, -0.2) is 9.78 Å². The van der Waals surface area contributed by atoms with Gasteiger partial charge in [-0.2, -0.15) is 0 Å². The van der Waals surface area contributed by atoms with E-state index in [0.29, 0.717) is 25.5 Å². The molecular weight excluding hydrogens is 220 g/mol. The Morgan fingerprint density at radius 2 is 2.35 bits per heavy atom. The number of ether oxygens (including phenoxy) is 1. The zero-order valence-electron chi connectivity index (χ0n) is 10.1. The van der Waals surface area contributed by atoms with E-state index in [1.165, 1.54) is 6.07 Å². The molecule has 0 aliphatic carbocycles. The van der Waals surface area contributed by atoms with Crippen LogP contribution >= 0.6 is 0 Å². The monoisotopic (exact) mass is 238 g/mol. The lowest BCUT2D eigenvalue weighted by Gasteiger charge is -2.13. The summed E-state index contributed by atoms with van der Waals surface area (Å²) in [5.74, 6) is -1.01. The summed E-state index contributed by atoms with van der Waals surface area (Å²) in [6.07, 6.45) is 0. The number of nitrogens with zero attached hydrogens (tertiary/aromatic N) is 1. The van der Waals surface area contributed by atoms with Gasteiger partial charge in [0.2, 0.25) is 0 Å². The number of nitrogens with one attached hydrogen (secondary N) is 1. The maximum Gasteiger partial charge on any atom is 0.354 e. The average molecular weight is 238 g/mol. The van der Waals surface area contributed by atoms with Gasteiger partial charge in [0.1, 0.15) is 5.69 Å². The molecule has 0 saturated carbocycles. The fraction of sp³-hybridized carbons (Fsp3) is 0.500. The molecule has 1 aromatic rings. The molecule has 0 radical (unpaired) electrons. The summed E-state index contributed by atoms with van der Waals surface area (Å²) in [6.45, 7) is 5.82. The minimum absolute atomic E-state index is 0.0711. The van der Waals surface area contributed by atoms with Crippen molar-refractivity contribution in [2.75, 3.05) is 13.2 Å². The van der Waals surface area contributed by atoms with Gasteiger partial charge >= 0.3 is 5.97 Å². The average Bonchev–Trinajstić information content (AvgIpc) is 2.34. The molecule has 0 bridgehead atoms. The molecule has 0 saturated heterocycles. The summed E-state index contributed by atoms with van der Waals surface area (Å²) in [5.41, 5.74) is 0.787. The van der Waals surface area contributed by atoms with E-state index in [4.69, 9.17) is 9.84 Å². The Labute approximate surface area is 101 Å². The normalized spacial score (nSPS) is 12.4. The molecule has 1 aromatic heterocycles. The molecule has 2 N–H and O–H groups in total. The third kappa shape index (κ3) is 4.93. The standard InChI is InChI=1S/C12H18N2O3/c1-3-17-8-9(2)13-7-10-5-4-6-11(14-10)12(15)16/h4-6,9,13H,3,7-8H2,1-2H3,(H,15,16). The van der Waals surface area contributed by atoms with Crippen LogP contribution in [0.1, 0.15) is 30.0 Å². The van der Waals surface area contributed by atoms with Gasteiger partial charge in [-0.15, -0.1) is 0 Å². The Kier molecular flexibility index (Phi) is 5.59. The highest BCUT2D eigenvalue weighted by molar-refractivity contribution is 5.85. The minimum Gasteiger partial charge on any atom is -0.477 e. The van der Waals surface area contributed by atoms with Crippen LogP contribution in [0.25, 0.3) is 0 Å².